The fourth-order valence-electron chi connectivity index (χ4n) is 2.48. The van der Waals surface area contributed by atoms with E-state index in [-0.39, 0.29) is 12.1 Å². The van der Waals surface area contributed by atoms with Gasteiger partial charge in [-0.05, 0) is 26.7 Å². The molecule has 1 aromatic rings. The molecule has 0 aliphatic carbocycles. The van der Waals surface area contributed by atoms with Crippen LogP contribution in [0.2, 0.25) is 0 Å². The normalized spacial score (nSPS) is 26.4. The molecule has 102 valence electrons. The molecule has 1 aromatic heterocycles. The van der Waals surface area contributed by atoms with E-state index in [4.69, 9.17) is 5.73 Å². The van der Waals surface area contributed by atoms with Crippen LogP contribution in [0.5, 0.6) is 0 Å². The Morgan fingerprint density at radius 2 is 2.28 bits per heavy atom. The number of hydrogen-bond acceptors (Lipinski definition) is 5. The van der Waals surface area contributed by atoms with Gasteiger partial charge in [0.2, 0.25) is 0 Å². The summed E-state index contributed by atoms with van der Waals surface area (Å²) in [7, 11) is -3.44. The van der Waals surface area contributed by atoms with Crippen LogP contribution < -0.4 is 5.73 Å². The molecule has 7 heteroatoms. The minimum atomic E-state index is -3.44. The van der Waals surface area contributed by atoms with Gasteiger partial charge in [0, 0.05) is 18.6 Å². The van der Waals surface area contributed by atoms with E-state index < -0.39 is 10.0 Å². The molecule has 0 aromatic carbocycles. The van der Waals surface area contributed by atoms with E-state index in [9.17, 15) is 8.42 Å². The van der Waals surface area contributed by atoms with Gasteiger partial charge in [0.15, 0.2) is 4.21 Å². The van der Waals surface area contributed by atoms with Gasteiger partial charge in [0.1, 0.15) is 0 Å². The standard InChI is InChI=1S/C11H19N3O2S2/c1-8-4-3-5-10(6-12)14(8)18(15,16)11-7-13-9(2)17-11/h7-8,10H,3-6,12H2,1-2H3. The van der Waals surface area contributed by atoms with Gasteiger partial charge in [0.25, 0.3) is 10.0 Å². The van der Waals surface area contributed by atoms with Crippen LogP contribution in [0, 0.1) is 6.92 Å². The largest absolute Gasteiger partial charge is 0.329 e. The lowest BCUT2D eigenvalue weighted by Gasteiger charge is -2.38. The van der Waals surface area contributed by atoms with Crippen molar-refractivity contribution in [2.45, 2.75) is 49.4 Å². The monoisotopic (exact) mass is 289 g/mol. The molecule has 5 nitrogen and oxygen atoms in total. The predicted molar refractivity (Wildman–Crippen MR) is 72.0 cm³/mol. The predicted octanol–water partition coefficient (Wildman–Crippen LogP) is 1.34. The molecule has 18 heavy (non-hydrogen) atoms. The highest BCUT2D eigenvalue weighted by atomic mass is 32.2. The zero-order valence-electron chi connectivity index (χ0n) is 10.7. The smallest absolute Gasteiger partial charge is 0.254 e. The molecule has 2 N–H and O–H groups in total. The van der Waals surface area contributed by atoms with Crippen molar-refractivity contribution in [1.29, 1.82) is 0 Å². The Morgan fingerprint density at radius 3 is 2.83 bits per heavy atom. The van der Waals surface area contributed by atoms with Gasteiger partial charge in [-0.3, -0.25) is 0 Å². The summed E-state index contributed by atoms with van der Waals surface area (Å²) in [4.78, 5) is 4.04. The topological polar surface area (TPSA) is 76.3 Å². The third-order valence-electron chi connectivity index (χ3n) is 3.36. The van der Waals surface area contributed by atoms with Crippen molar-refractivity contribution in [3.63, 3.8) is 0 Å². The second-order valence-corrected chi connectivity index (χ2v) is 8.01. The Kier molecular flexibility index (Phi) is 4.05. The quantitative estimate of drug-likeness (QED) is 0.911. The highest BCUT2D eigenvalue weighted by molar-refractivity contribution is 7.91. The average Bonchev–Trinajstić information content (AvgIpc) is 2.75. The van der Waals surface area contributed by atoms with Gasteiger partial charge in [0.05, 0.1) is 11.2 Å². The van der Waals surface area contributed by atoms with Crippen LogP contribution in [-0.4, -0.2) is 36.3 Å². The molecule has 0 saturated carbocycles. The molecule has 0 bridgehead atoms. The molecule has 1 fully saturated rings. The Balaban J connectivity index is 2.38. The molecule has 1 aliphatic heterocycles. The first-order valence-corrected chi connectivity index (χ1v) is 8.38. The summed E-state index contributed by atoms with van der Waals surface area (Å²) in [5.74, 6) is 0. The number of piperidine rings is 1. The first-order chi connectivity index (χ1) is 8.46. The molecule has 0 amide bonds. The number of nitrogens with two attached hydrogens (primary N) is 1. The molecule has 1 saturated heterocycles. The second-order valence-electron chi connectivity index (χ2n) is 4.70. The summed E-state index contributed by atoms with van der Waals surface area (Å²) in [6.07, 6.45) is 4.23. The Labute approximate surface area is 112 Å². The van der Waals surface area contributed by atoms with Crippen LogP contribution >= 0.6 is 11.3 Å². The van der Waals surface area contributed by atoms with Crippen molar-refractivity contribution < 1.29 is 8.42 Å². The van der Waals surface area contributed by atoms with Gasteiger partial charge in [-0.25, -0.2) is 13.4 Å². The molecule has 1 aliphatic rings. The third-order valence-corrected chi connectivity index (χ3v) is 6.77. The van der Waals surface area contributed by atoms with Gasteiger partial charge in [-0.2, -0.15) is 4.31 Å². The van der Waals surface area contributed by atoms with Gasteiger partial charge >= 0.3 is 0 Å². The summed E-state index contributed by atoms with van der Waals surface area (Å²) < 4.78 is 27.2. The maximum atomic E-state index is 12.6. The van der Waals surface area contributed by atoms with Crippen molar-refractivity contribution in [3.05, 3.63) is 11.2 Å². The summed E-state index contributed by atoms with van der Waals surface area (Å²) in [5, 5.41) is 0.766. The highest BCUT2D eigenvalue weighted by Crippen LogP contribution is 2.31. The summed E-state index contributed by atoms with van der Waals surface area (Å²) in [5.41, 5.74) is 5.72. The van der Waals surface area contributed by atoms with Crippen molar-refractivity contribution >= 4 is 21.4 Å². The average molecular weight is 289 g/mol. The molecule has 0 spiro atoms. The lowest BCUT2D eigenvalue weighted by atomic mass is 10.00. The number of sulfonamides is 1. The fraction of sp³-hybridized carbons (Fsp3) is 0.727. The lowest BCUT2D eigenvalue weighted by Crippen LogP contribution is -2.51. The van der Waals surface area contributed by atoms with Crippen molar-refractivity contribution in [2.24, 2.45) is 5.73 Å². The van der Waals surface area contributed by atoms with Gasteiger partial charge in [-0.1, -0.05) is 6.42 Å². The van der Waals surface area contributed by atoms with E-state index in [0.717, 1.165) is 24.3 Å². The zero-order valence-corrected chi connectivity index (χ0v) is 12.3. The highest BCUT2D eigenvalue weighted by Gasteiger charge is 2.38. The summed E-state index contributed by atoms with van der Waals surface area (Å²) in [6.45, 7) is 4.14. The number of aromatic nitrogens is 1. The fourth-order valence-corrected chi connectivity index (χ4v) is 5.58. The molecule has 2 atom stereocenters. The number of nitrogens with zero attached hydrogens (tertiary/aromatic N) is 2. The van der Waals surface area contributed by atoms with Crippen molar-refractivity contribution in [2.75, 3.05) is 6.54 Å². The minimum absolute atomic E-state index is 0.0136. The van der Waals surface area contributed by atoms with E-state index >= 15 is 0 Å². The van der Waals surface area contributed by atoms with Crippen LogP contribution in [-0.2, 0) is 10.0 Å². The maximum Gasteiger partial charge on any atom is 0.254 e. The van der Waals surface area contributed by atoms with Crippen molar-refractivity contribution in [1.82, 2.24) is 9.29 Å². The summed E-state index contributed by atoms with van der Waals surface area (Å²) >= 11 is 1.22. The Hall–Kier alpha value is -0.500. The van der Waals surface area contributed by atoms with Crippen LogP contribution in [0.3, 0.4) is 0 Å². The zero-order chi connectivity index (χ0) is 13.3. The first kappa shape index (κ1) is 13.9. The van der Waals surface area contributed by atoms with Crippen LogP contribution in [0.4, 0.5) is 0 Å². The first-order valence-electron chi connectivity index (χ1n) is 6.13. The third kappa shape index (κ3) is 2.45. The van der Waals surface area contributed by atoms with Crippen LogP contribution in [0.1, 0.15) is 31.2 Å². The Morgan fingerprint density at radius 1 is 1.56 bits per heavy atom. The molecule has 0 radical (unpaired) electrons. The Bertz CT molecular complexity index is 512. The number of thiazole rings is 1. The minimum Gasteiger partial charge on any atom is -0.329 e. The van der Waals surface area contributed by atoms with Crippen LogP contribution in [0.25, 0.3) is 0 Å². The van der Waals surface area contributed by atoms with E-state index in [0.29, 0.717) is 10.8 Å². The molecule has 2 rings (SSSR count). The lowest BCUT2D eigenvalue weighted by molar-refractivity contribution is 0.196. The van der Waals surface area contributed by atoms with E-state index in [1.807, 2.05) is 13.8 Å². The van der Waals surface area contributed by atoms with E-state index in [2.05, 4.69) is 4.98 Å². The van der Waals surface area contributed by atoms with Crippen molar-refractivity contribution in [3.8, 4) is 0 Å². The van der Waals surface area contributed by atoms with Gasteiger partial charge < -0.3 is 5.73 Å². The summed E-state index contributed by atoms with van der Waals surface area (Å²) in [6, 6.07) is -0.0686. The van der Waals surface area contributed by atoms with E-state index in [1.165, 1.54) is 17.5 Å². The second kappa shape index (κ2) is 5.24. The SMILES string of the molecule is Cc1ncc(S(=O)(=O)N2C(C)CCCC2CN)s1. The number of hydrogen-bond donors (Lipinski definition) is 1. The molecule has 2 unspecified atom stereocenters. The molecular weight excluding hydrogens is 270 g/mol. The van der Waals surface area contributed by atoms with Gasteiger partial charge in [-0.15, -0.1) is 11.3 Å². The maximum absolute atomic E-state index is 12.6. The number of aryl methyl sites for hydroxylation is 1. The van der Waals surface area contributed by atoms with E-state index in [1.54, 1.807) is 4.31 Å². The molecule has 2 heterocycles. The number of rotatable bonds is 3. The van der Waals surface area contributed by atoms with Crippen LogP contribution in [0.15, 0.2) is 10.4 Å². The molecular formula is C11H19N3O2S2.